The summed E-state index contributed by atoms with van der Waals surface area (Å²) in [5.41, 5.74) is 8.22. The molecule has 0 aromatic carbocycles. The SMILES string of the molecule is CO[C@H]1[C@H](O)[C@@H](O)[C@H](O)[C@H](N=[N+]=[N-])[C@H]1O. The van der Waals surface area contributed by atoms with Gasteiger partial charge in [0.2, 0.25) is 0 Å². The Labute approximate surface area is 85.3 Å². The van der Waals surface area contributed by atoms with Crippen molar-refractivity contribution in [3.63, 3.8) is 0 Å². The Morgan fingerprint density at radius 2 is 1.67 bits per heavy atom. The van der Waals surface area contributed by atoms with E-state index in [-0.39, 0.29) is 0 Å². The number of ether oxygens (including phenoxy) is 1. The van der Waals surface area contributed by atoms with Crippen LogP contribution >= 0.6 is 0 Å². The first-order valence-electron chi connectivity index (χ1n) is 4.33. The van der Waals surface area contributed by atoms with E-state index in [2.05, 4.69) is 10.0 Å². The number of hydrogen-bond donors (Lipinski definition) is 4. The van der Waals surface area contributed by atoms with E-state index in [1.807, 2.05) is 0 Å². The number of nitrogens with zero attached hydrogens (tertiary/aromatic N) is 3. The molecule has 0 unspecified atom stereocenters. The van der Waals surface area contributed by atoms with Crippen molar-refractivity contribution < 1.29 is 25.2 Å². The van der Waals surface area contributed by atoms with Gasteiger partial charge in [-0.05, 0) is 5.53 Å². The molecule has 0 bridgehead atoms. The van der Waals surface area contributed by atoms with Crippen molar-refractivity contribution in [2.75, 3.05) is 7.11 Å². The summed E-state index contributed by atoms with van der Waals surface area (Å²) in [6, 6.07) is -1.24. The van der Waals surface area contributed by atoms with Gasteiger partial charge in [0.15, 0.2) is 0 Å². The molecule has 0 heterocycles. The quantitative estimate of drug-likeness (QED) is 0.245. The van der Waals surface area contributed by atoms with Crippen molar-refractivity contribution in [1.82, 2.24) is 0 Å². The van der Waals surface area contributed by atoms with E-state index in [9.17, 15) is 20.4 Å². The molecular weight excluding hydrogens is 206 g/mol. The Morgan fingerprint density at radius 1 is 1.07 bits per heavy atom. The third-order valence-corrected chi connectivity index (χ3v) is 2.53. The van der Waals surface area contributed by atoms with Crippen LogP contribution in [-0.2, 0) is 4.74 Å². The van der Waals surface area contributed by atoms with Crippen LogP contribution in [0.4, 0.5) is 0 Å². The van der Waals surface area contributed by atoms with Gasteiger partial charge in [-0.25, -0.2) is 0 Å². The Bertz CT molecular complexity index is 269. The van der Waals surface area contributed by atoms with Crippen LogP contribution < -0.4 is 0 Å². The van der Waals surface area contributed by atoms with Gasteiger partial charge in [-0.2, -0.15) is 0 Å². The van der Waals surface area contributed by atoms with Crippen LogP contribution in [0.15, 0.2) is 5.11 Å². The average molecular weight is 219 g/mol. The Morgan fingerprint density at radius 3 is 2.13 bits per heavy atom. The minimum atomic E-state index is -1.52. The first kappa shape index (κ1) is 12.2. The summed E-state index contributed by atoms with van der Waals surface area (Å²) in [7, 11) is 1.23. The first-order chi connectivity index (χ1) is 7.04. The fourth-order valence-corrected chi connectivity index (χ4v) is 1.67. The molecule has 1 rings (SSSR count). The lowest BCUT2D eigenvalue weighted by Gasteiger charge is -2.41. The highest BCUT2D eigenvalue weighted by atomic mass is 16.5. The molecule has 4 N–H and O–H groups in total. The summed E-state index contributed by atoms with van der Waals surface area (Å²) < 4.78 is 4.76. The van der Waals surface area contributed by atoms with Crippen molar-refractivity contribution >= 4 is 0 Å². The molecule has 8 heteroatoms. The molecule has 1 fully saturated rings. The number of hydrogen-bond acceptors (Lipinski definition) is 6. The lowest BCUT2D eigenvalue weighted by molar-refractivity contribution is -0.193. The van der Waals surface area contributed by atoms with E-state index in [4.69, 9.17) is 10.3 Å². The van der Waals surface area contributed by atoms with Gasteiger partial charge in [0.1, 0.15) is 18.3 Å². The third-order valence-electron chi connectivity index (χ3n) is 2.53. The van der Waals surface area contributed by atoms with Gasteiger partial charge in [0, 0.05) is 12.0 Å². The van der Waals surface area contributed by atoms with Crippen LogP contribution in [-0.4, -0.2) is 64.1 Å². The highest BCUT2D eigenvalue weighted by Crippen LogP contribution is 2.25. The standard InChI is InChI=1S/C7H13N3O5/c1-15-7-4(12)2(9-10-8)3(11)5(13)6(7)14/h2-7,11-14H,1H3/t2-,3+,4+,5-,6+,7+/m0/s1. The Hall–Kier alpha value is -0.890. The number of azide groups is 1. The molecule has 0 aromatic heterocycles. The molecule has 1 saturated carbocycles. The molecule has 15 heavy (non-hydrogen) atoms. The minimum Gasteiger partial charge on any atom is -0.390 e. The molecule has 0 saturated heterocycles. The predicted octanol–water partition coefficient (Wildman–Crippen LogP) is -1.86. The maximum atomic E-state index is 9.60. The van der Waals surface area contributed by atoms with E-state index >= 15 is 0 Å². The molecule has 86 valence electrons. The van der Waals surface area contributed by atoms with Crippen LogP contribution in [0.5, 0.6) is 0 Å². The van der Waals surface area contributed by atoms with Gasteiger partial charge in [-0.15, -0.1) is 0 Å². The molecule has 0 aromatic rings. The molecule has 0 aliphatic heterocycles. The lowest BCUT2D eigenvalue weighted by Crippen LogP contribution is -2.63. The minimum absolute atomic E-state index is 1.10. The van der Waals surface area contributed by atoms with E-state index < -0.39 is 36.6 Å². The third kappa shape index (κ3) is 2.05. The normalized spacial score (nSPS) is 45.9. The summed E-state index contributed by atoms with van der Waals surface area (Å²) >= 11 is 0. The second kappa shape index (κ2) is 4.75. The lowest BCUT2D eigenvalue weighted by atomic mass is 9.83. The second-order valence-corrected chi connectivity index (χ2v) is 3.36. The number of rotatable bonds is 2. The van der Waals surface area contributed by atoms with Crippen LogP contribution in [0.3, 0.4) is 0 Å². The summed E-state index contributed by atoms with van der Waals surface area (Å²) in [5, 5.41) is 41.0. The van der Waals surface area contributed by atoms with E-state index in [0.29, 0.717) is 0 Å². The van der Waals surface area contributed by atoms with E-state index in [0.717, 1.165) is 0 Å². The zero-order valence-corrected chi connectivity index (χ0v) is 8.00. The highest BCUT2D eigenvalue weighted by molar-refractivity contribution is 5.02. The predicted molar refractivity (Wildman–Crippen MR) is 47.8 cm³/mol. The molecule has 6 atom stereocenters. The van der Waals surface area contributed by atoms with Crippen molar-refractivity contribution in [3.05, 3.63) is 10.4 Å². The maximum absolute atomic E-state index is 9.60. The zero-order chi connectivity index (χ0) is 11.6. The van der Waals surface area contributed by atoms with Gasteiger partial charge >= 0.3 is 0 Å². The van der Waals surface area contributed by atoms with E-state index in [1.54, 1.807) is 0 Å². The molecule has 0 spiro atoms. The largest absolute Gasteiger partial charge is 0.390 e. The fraction of sp³-hybridized carbons (Fsp3) is 1.00. The smallest absolute Gasteiger partial charge is 0.112 e. The maximum Gasteiger partial charge on any atom is 0.112 e. The molecule has 0 amide bonds. The van der Waals surface area contributed by atoms with Crippen molar-refractivity contribution in [2.24, 2.45) is 5.11 Å². The van der Waals surface area contributed by atoms with Gasteiger partial charge in [-0.1, -0.05) is 5.11 Å². The average Bonchev–Trinajstić information content (AvgIpc) is 2.22. The molecular formula is C7H13N3O5. The number of methoxy groups -OCH3 is 1. The van der Waals surface area contributed by atoms with Gasteiger partial charge < -0.3 is 25.2 Å². The van der Waals surface area contributed by atoms with Crippen LogP contribution in [0.1, 0.15) is 0 Å². The summed E-state index contributed by atoms with van der Waals surface area (Å²) in [5.74, 6) is 0. The Balaban J connectivity index is 2.94. The van der Waals surface area contributed by atoms with Crippen molar-refractivity contribution in [3.8, 4) is 0 Å². The Kier molecular flexibility index (Phi) is 3.86. The molecule has 8 nitrogen and oxygen atoms in total. The van der Waals surface area contributed by atoms with Gasteiger partial charge in [0.05, 0.1) is 18.2 Å². The zero-order valence-electron chi connectivity index (χ0n) is 8.00. The second-order valence-electron chi connectivity index (χ2n) is 3.36. The van der Waals surface area contributed by atoms with Crippen LogP contribution in [0.25, 0.3) is 10.4 Å². The summed E-state index contributed by atoms with van der Waals surface area (Å²) in [6.45, 7) is 0. The molecule has 1 aliphatic rings. The fourth-order valence-electron chi connectivity index (χ4n) is 1.67. The molecule has 1 aliphatic carbocycles. The number of aliphatic hydroxyl groups excluding tert-OH is 4. The first-order valence-corrected chi connectivity index (χ1v) is 4.33. The van der Waals surface area contributed by atoms with Crippen LogP contribution in [0, 0.1) is 0 Å². The topological polar surface area (TPSA) is 139 Å². The molecule has 0 radical (unpaired) electrons. The van der Waals surface area contributed by atoms with Crippen molar-refractivity contribution in [1.29, 1.82) is 0 Å². The van der Waals surface area contributed by atoms with E-state index in [1.165, 1.54) is 7.11 Å². The summed E-state index contributed by atoms with van der Waals surface area (Å²) in [6.07, 6.45) is -6.92. The van der Waals surface area contributed by atoms with Crippen molar-refractivity contribution in [2.45, 2.75) is 36.6 Å². The van der Waals surface area contributed by atoms with Gasteiger partial charge in [0.25, 0.3) is 0 Å². The monoisotopic (exact) mass is 219 g/mol. The highest BCUT2D eigenvalue weighted by Gasteiger charge is 2.48. The van der Waals surface area contributed by atoms with Crippen LogP contribution in [0.2, 0.25) is 0 Å². The van der Waals surface area contributed by atoms with Gasteiger partial charge in [-0.3, -0.25) is 0 Å². The summed E-state index contributed by atoms with van der Waals surface area (Å²) in [4.78, 5) is 2.45. The number of aliphatic hydroxyl groups is 4.